The summed E-state index contributed by atoms with van der Waals surface area (Å²) < 4.78 is 29.4. The van der Waals surface area contributed by atoms with E-state index < -0.39 is 14.6 Å². The quantitative estimate of drug-likeness (QED) is 0.877. The number of hydrogen-bond acceptors (Lipinski definition) is 4. The molecule has 0 aliphatic carbocycles. The molecule has 2 rings (SSSR count). The van der Waals surface area contributed by atoms with Crippen LogP contribution in [0.1, 0.15) is 44.4 Å². The number of benzene rings is 1. The standard InChI is InChI=1S/C16H25NO3S/c1-5-10-17-15(16(2,3)21(4,18)19)13-8-6-7-12-9-11-20-14(12)13/h6-8,15,17H,5,9-11H2,1-4H3. The van der Waals surface area contributed by atoms with E-state index in [2.05, 4.69) is 18.3 Å². The molecular formula is C16H25NO3S. The van der Waals surface area contributed by atoms with Crippen LogP contribution >= 0.6 is 0 Å². The zero-order valence-electron chi connectivity index (χ0n) is 13.3. The number of nitrogens with one attached hydrogen (secondary N) is 1. The fourth-order valence-electron chi connectivity index (χ4n) is 2.70. The van der Waals surface area contributed by atoms with Crippen LogP contribution in [0, 0.1) is 0 Å². The van der Waals surface area contributed by atoms with Crippen LogP contribution in [0.5, 0.6) is 5.75 Å². The summed E-state index contributed by atoms with van der Waals surface area (Å²) in [6, 6.07) is 5.74. The molecule has 0 amide bonds. The van der Waals surface area contributed by atoms with Gasteiger partial charge in [-0.1, -0.05) is 25.1 Å². The predicted molar refractivity (Wildman–Crippen MR) is 85.6 cm³/mol. The Labute approximate surface area is 127 Å². The van der Waals surface area contributed by atoms with Crippen molar-refractivity contribution in [1.29, 1.82) is 0 Å². The Kier molecular flexibility index (Phi) is 4.63. The molecule has 0 fully saturated rings. The van der Waals surface area contributed by atoms with Crippen LogP contribution in [0.4, 0.5) is 0 Å². The van der Waals surface area contributed by atoms with Gasteiger partial charge in [0.2, 0.25) is 0 Å². The van der Waals surface area contributed by atoms with Gasteiger partial charge in [-0.2, -0.15) is 0 Å². The van der Waals surface area contributed by atoms with Crippen molar-refractivity contribution in [3.05, 3.63) is 29.3 Å². The summed E-state index contributed by atoms with van der Waals surface area (Å²) in [6.45, 7) is 7.08. The lowest BCUT2D eigenvalue weighted by Crippen LogP contribution is -2.45. The van der Waals surface area contributed by atoms with E-state index >= 15 is 0 Å². The molecule has 4 nitrogen and oxygen atoms in total. The molecule has 5 heteroatoms. The molecule has 1 aromatic rings. The zero-order valence-corrected chi connectivity index (χ0v) is 14.1. The largest absolute Gasteiger partial charge is 0.493 e. The van der Waals surface area contributed by atoms with Gasteiger partial charge in [0.05, 0.1) is 17.4 Å². The van der Waals surface area contributed by atoms with E-state index in [0.717, 1.165) is 30.7 Å². The van der Waals surface area contributed by atoms with E-state index in [1.807, 2.05) is 12.1 Å². The first-order valence-electron chi connectivity index (χ1n) is 7.46. The lowest BCUT2D eigenvalue weighted by molar-refractivity contribution is 0.340. The first-order chi connectivity index (χ1) is 9.79. The molecule has 0 radical (unpaired) electrons. The topological polar surface area (TPSA) is 55.4 Å². The lowest BCUT2D eigenvalue weighted by atomic mass is 9.92. The van der Waals surface area contributed by atoms with Gasteiger partial charge in [-0.3, -0.25) is 0 Å². The van der Waals surface area contributed by atoms with Crippen LogP contribution in [0.25, 0.3) is 0 Å². The van der Waals surface area contributed by atoms with Crippen molar-refractivity contribution in [1.82, 2.24) is 5.32 Å². The summed E-state index contributed by atoms with van der Waals surface area (Å²) in [7, 11) is -3.22. The number of hydrogen-bond donors (Lipinski definition) is 1. The minimum atomic E-state index is -3.22. The van der Waals surface area contributed by atoms with Crippen LogP contribution in [-0.4, -0.2) is 32.6 Å². The third kappa shape index (κ3) is 3.09. The molecule has 0 bridgehead atoms. The average molecular weight is 311 g/mol. The van der Waals surface area contributed by atoms with Gasteiger partial charge in [0.1, 0.15) is 5.75 Å². The minimum absolute atomic E-state index is 0.277. The molecule has 1 aromatic carbocycles. The van der Waals surface area contributed by atoms with Gasteiger partial charge < -0.3 is 10.1 Å². The van der Waals surface area contributed by atoms with Gasteiger partial charge in [-0.15, -0.1) is 0 Å². The van der Waals surface area contributed by atoms with Crippen LogP contribution in [0.15, 0.2) is 18.2 Å². The van der Waals surface area contributed by atoms with Crippen molar-refractivity contribution in [2.75, 3.05) is 19.4 Å². The number of rotatable bonds is 6. The highest BCUT2D eigenvalue weighted by Crippen LogP contribution is 2.40. The SMILES string of the molecule is CCCNC(c1cccc2c1OCC2)C(C)(C)S(C)(=O)=O. The maximum atomic E-state index is 12.3. The Morgan fingerprint density at radius 1 is 1.38 bits per heavy atom. The van der Waals surface area contributed by atoms with E-state index in [9.17, 15) is 8.42 Å². The summed E-state index contributed by atoms with van der Waals surface area (Å²) in [5.74, 6) is 0.864. The number of ether oxygens (including phenoxy) is 1. The Morgan fingerprint density at radius 2 is 2.10 bits per heavy atom. The molecule has 1 aliphatic heterocycles. The van der Waals surface area contributed by atoms with Crippen molar-refractivity contribution >= 4 is 9.84 Å². The first-order valence-corrected chi connectivity index (χ1v) is 9.35. The molecular weight excluding hydrogens is 286 g/mol. The van der Waals surface area contributed by atoms with Gasteiger partial charge in [0.15, 0.2) is 9.84 Å². The number of fused-ring (bicyclic) bond motifs is 1. The van der Waals surface area contributed by atoms with E-state index in [1.165, 1.54) is 11.8 Å². The minimum Gasteiger partial charge on any atom is -0.493 e. The third-order valence-electron chi connectivity index (χ3n) is 4.31. The first kappa shape index (κ1) is 16.3. The highest BCUT2D eigenvalue weighted by molar-refractivity contribution is 7.92. The van der Waals surface area contributed by atoms with E-state index in [4.69, 9.17) is 4.74 Å². The Morgan fingerprint density at radius 3 is 2.71 bits per heavy atom. The maximum absolute atomic E-state index is 12.3. The molecule has 1 aliphatic rings. The molecule has 118 valence electrons. The van der Waals surface area contributed by atoms with Crippen LogP contribution < -0.4 is 10.1 Å². The van der Waals surface area contributed by atoms with Crippen molar-refractivity contribution in [3.63, 3.8) is 0 Å². The van der Waals surface area contributed by atoms with Crippen LogP contribution in [0.2, 0.25) is 0 Å². The maximum Gasteiger partial charge on any atom is 0.154 e. The number of sulfone groups is 1. The molecule has 1 unspecified atom stereocenters. The van der Waals surface area contributed by atoms with E-state index in [-0.39, 0.29) is 6.04 Å². The average Bonchev–Trinajstić information content (AvgIpc) is 2.86. The van der Waals surface area contributed by atoms with Crippen molar-refractivity contribution in [2.24, 2.45) is 0 Å². The fraction of sp³-hybridized carbons (Fsp3) is 0.625. The molecule has 1 heterocycles. The Hall–Kier alpha value is -1.07. The van der Waals surface area contributed by atoms with Crippen LogP contribution in [-0.2, 0) is 16.3 Å². The molecule has 1 atom stereocenters. The Bertz CT molecular complexity index is 608. The second kappa shape index (κ2) is 5.97. The molecule has 0 saturated carbocycles. The fourth-order valence-corrected chi connectivity index (χ4v) is 3.34. The molecule has 0 spiro atoms. The van der Waals surface area contributed by atoms with Crippen molar-refractivity contribution in [2.45, 2.75) is 44.4 Å². The van der Waals surface area contributed by atoms with Gasteiger partial charge in [0.25, 0.3) is 0 Å². The number of para-hydroxylation sites is 1. The Balaban J connectivity index is 2.49. The molecule has 0 saturated heterocycles. The zero-order chi connectivity index (χ0) is 15.7. The van der Waals surface area contributed by atoms with Gasteiger partial charge in [-0.05, 0) is 32.4 Å². The van der Waals surface area contributed by atoms with E-state index in [0.29, 0.717) is 6.61 Å². The summed E-state index contributed by atoms with van der Waals surface area (Å²) in [5, 5.41) is 3.40. The second-order valence-electron chi connectivity index (χ2n) is 6.20. The summed E-state index contributed by atoms with van der Waals surface area (Å²) in [5.41, 5.74) is 2.12. The molecule has 1 N–H and O–H groups in total. The smallest absolute Gasteiger partial charge is 0.154 e. The monoisotopic (exact) mass is 311 g/mol. The van der Waals surface area contributed by atoms with E-state index in [1.54, 1.807) is 13.8 Å². The molecule has 0 aromatic heterocycles. The van der Waals surface area contributed by atoms with Crippen LogP contribution in [0.3, 0.4) is 0 Å². The van der Waals surface area contributed by atoms with Gasteiger partial charge in [-0.25, -0.2) is 8.42 Å². The highest BCUT2D eigenvalue weighted by atomic mass is 32.2. The summed E-state index contributed by atoms with van der Waals surface area (Å²) in [6.07, 6.45) is 3.15. The molecule has 21 heavy (non-hydrogen) atoms. The third-order valence-corrected chi connectivity index (χ3v) is 6.45. The van der Waals surface area contributed by atoms with Gasteiger partial charge >= 0.3 is 0 Å². The predicted octanol–water partition coefficient (Wildman–Crippen LogP) is 2.49. The summed E-state index contributed by atoms with van der Waals surface area (Å²) in [4.78, 5) is 0. The van der Waals surface area contributed by atoms with Gasteiger partial charge in [0, 0.05) is 18.2 Å². The van der Waals surface area contributed by atoms with Crippen molar-refractivity contribution in [3.8, 4) is 5.75 Å². The highest BCUT2D eigenvalue weighted by Gasteiger charge is 2.41. The second-order valence-corrected chi connectivity index (χ2v) is 8.79. The normalized spacial score (nSPS) is 16.4. The van der Waals surface area contributed by atoms with Crippen molar-refractivity contribution < 1.29 is 13.2 Å². The lowest BCUT2D eigenvalue weighted by Gasteiger charge is -2.34. The summed E-state index contributed by atoms with van der Waals surface area (Å²) >= 11 is 0.